The highest BCUT2D eigenvalue weighted by molar-refractivity contribution is 5.76. The third-order valence-electron chi connectivity index (χ3n) is 18.9. The zero-order valence-electron chi connectivity index (χ0n) is 58.0. The molecule has 0 spiro atoms. The number of hydrogen-bond acceptors (Lipinski definition) is 18. The van der Waals surface area contributed by atoms with E-state index in [0.29, 0.717) is 6.42 Å². The van der Waals surface area contributed by atoms with Crippen molar-refractivity contribution in [3.63, 3.8) is 0 Å². The van der Waals surface area contributed by atoms with Crippen molar-refractivity contribution < 1.29 is 89.4 Å². The molecule has 0 aromatic rings. The van der Waals surface area contributed by atoms with Crippen molar-refractivity contribution in [3.8, 4) is 0 Å². The van der Waals surface area contributed by atoms with Crippen molar-refractivity contribution in [1.82, 2.24) is 5.32 Å². The molecule has 3 rings (SSSR count). The standard InChI is InChI=1S/C74H137NO18/c1-3-5-7-9-11-13-15-17-19-21-23-25-27-28-30-32-34-36-38-40-42-44-46-48-50-52-62(80)75-57(58(79)51-49-47-45-43-41-39-37-35-33-31-29-26-24-22-20-18-16-14-12-10-8-6-4-2)56-88-72-68(86)65(83)70(60(54-77)90-72)93-74-69(87)66(84)71(61(55-78)91-74)92-73-67(85)64(82)63(81)59(53-76)89-73/h15,17,21,23,49,51,57-61,63-74,76-79,81-87H,3-14,16,18-20,22,24-48,50,52-56H2,1-2H3,(H,75,80)/b17-15-,23-21-,51-49+. The first-order chi connectivity index (χ1) is 45.3. The molecule has 19 heteroatoms. The number of rotatable bonds is 59. The first kappa shape index (κ1) is 85.2. The molecule has 17 atom stereocenters. The van der Waals surface area contributed by atoms with Crippen LogP contribution in [0.4, 0.5) is 0 Å². The summed E-state index contributed by atoms with van der Waals surface area (Å²) >= 11 is 0. The van der Waals surface area contributed by atoms with Gasteiger partial charge >= 0.3 is 0 Å². The Hall–Kier alpha value is -1.99. The minimum absolute atomic E-state index is 0.244. The predicted octanol–water partition coefficient (Wildman–Crippen LogP) is 11.2. The minimum Gasteiger partial charge on any atom is -0.394 e. The SMILES string of the molecule is CCCCCCC/C=C\C/C=C\CCCCCCCCCCCCCCCC(=O)NC(COC1OC(CO)C(OC2OC(CO)C(OC3OC(CO)C(O)C(O)C3O)C(O)C2O)C(O)C1O)C(O)/C=C/CCCCCCCCCCCCCCCCCCCCCCC. The van der Waals surface area contributed by atoms with E-state index in [4.69, 9.17) is 28.4 Å². The molecule has 19 nitrogen and oxygen atoms in total. The van der Waals surface area contributed by atoms with Crippen LogP contribution in [0.15, 0.2) is 36.5 Å². The van der Waals surface area contributed by atoms with Gasteiger partial charge in [0.1, 0.15) is 73.2 Å². The molecule has 0 saturated carbocycles. The smallest absolute Gasteiger partial charge is 0.220 e. The van der Waals surface area contributed by atoms with E-state index in [1.165, 1.54) is 218 Å². The van der Waals surface area contributed by atoms with Gasteiger partial charge in [-0.2, -0.15) is 0 Å². The first-order valence-electron chi connectivity index (χ1n) is 37.7. The molecule has 0 aromatic heterocycles. The van der Waals surface area contributed by atoms with E-state index in [0.717, 1.165) is 51.4 Å². The Morgan fingerprint density at radius 3 is 1.10 bits per heavy atom. The lowest BCUT2D eigenvalue weighted by atomic mass is 9.96. The van der Waals surface area contributed by atoms with Crippen LogP contribution in [0.25, 0.3) is 0 Å². The van der Waals surface area contributed by atoms with Crippen LogP contribution >= 0.6 is 0 Å². The van der Waals surface area contributed by atoms with Crippen molar-refractivity contribution in [3.05, 3.63) is 36.5 Å². The van der Waals surface area contributed by atoms with Crippen LogP contribution < -0.4 is 5.32 Å². The number of allylic oxidation sites excluding steroid dienone is 5. The number of unbranched alkanes of at least 4 members (excludes halogenated alkanes) is 39. The summed E-state index contributed by atoms with van der Waals surface area (Å²) in [5.74, 6) is -0.273. The second-order valence-electron chi connectivity index (χ2n) is 27.1. The van der Waals surface area contributed by atoms with Crippen LogP contribution in [0, 0.1) is 0 Å². The van der Waals surface area contributed by atoms with Gasteiger partial charge in [0.25, 0.3) is 0 Å². The molecular formula is C74H137NO18. The Bertz CT molecular complexity index is 1830. The third kappa shape index (κ3) is 37.1. The van der Waals surface area contributed by atoms with Crippen molar-refractivity contribution in [2.45, 2.75) is 401 Å². The minimum atomic E-state index is -1.98. The van der Waals surface area contributed by atoms with Gasteiger partial charge in [-0.05, 0) is 51.4 Å². The van der Waals surface area contributed by atoms with Crippen LogP contribution in [-0.2, 0) is 33.2 Å². The molecule has 3 aliphatic rings. The van der Waals surface area contributed by atoms with Crippen LogP contribution in [0.2, 0.25) is 0 Å². The van der Waals surface area contributed by atoms with Crippen molar-refractivity contribution >= 4 is 5.91 Å². The van der Waals surface area contributed by atoms with E-state index in [1.54, 1.807) is 6.08 Å². The summed E-state index contributed by atoms with van der Waals surface area (Å²) in [7, 11) is 0. The highest BCUT2D eigenvalue weighted by atomic mass is 16.8. The van der Waals surface area contributed by atoms with Gasteiger partial charge in [0.15, 0.2) is 18.9 Å². The molecule has 12 N–H and O–H groups in total. The molecule has 3 aliphatic heterocycles. The zero-order valence-corrected chi connectivity index (χ0v) is 58.0. The molecule has 0 radical (unpaired) electrons. The van der Waals surface area contributed by atoms with Gasteiger partial charge in [0, 0.05) is 6.42 Å². The third-order valence-corrected chi connectivity index (χ3v) is 18.9. The zero-order chi connectivity index (χ0) is 67.5. The lowest BCUT2D eigenvalue weighted by molar-refractivity contribution is -0.379. The van der Waals surface area contributed by atoms with E-state index >= 15 is 0 Å². The molecule has 0 aromatic carbocycles. The van der Waals surface area contributed by atoms with Gasteiger partial charge in [0.05, 0.1) is 38.6 Å². The van der Waals surface area contributed by atoms with Crippen molar-refractivity contribution in [1.29, 1.82) is 0 Å². The van der Waals surface area contributed by atoms with Crippen LogP contribution in [0.5, 0.6) is 0 Å². The normalized spacial score (nSPS) is 27.7. The quantitative estimate of drug-likeness (QED) is 0.0199. The van der Waals surface area contributed by atoms with Crippen LogP contribution in [0.3, 0.4) is 0 Å². The molecule has 3 heterocycles. The number of hydrogen-bond donors (Lipinski definition) is 12. The Morgan fingerprint density at radius 2 is 0.710 bits per heavy atom. The Labute approximate surface area is 561 Å². The largest absolute Gasteiger partial charge is 0.394 e. The fourth-order valence-corrected chi connectivity index (χ4v) is 12.8. The maximum atomic E-state index is 13.4. The number of aliphatic hydroxyl groups excluding tert-OH is 11. The Balaban J connectivity index is 1.41. The average molecular weight is 1330 g/mol. The Morgan fingerprint density at radius 1 is 0.387 bits per heavy atom. The summed E-state index contributed by atoms with van der Waals surface area (Å²) in [6.07, 6.45) is 39.7. The summed E-state index contributed by atoms with van der Waals surface area (Å²) in [6.45, 7) is 1.76. The summed E-state index contributed by atoms with van der Waals surface area (Å²) in [6, 6.07) is -0.974. The molecule has 0 aliphatic carbocycles. The van der Waals surface area contributed by atoms with Crippen molar-refractivity contribution in [2.24, 2.45) is 0 Å². The van der Waals surface area contributed by atoms with Crippen molar-refractivity contribution in [2.75, 3.05) is 26.4 Å². The van der Waals surface area contributed by atoms with E-state index < -0.39 is 124 Å². The molecule has 3 fully saturated rings. The fourth-order valence-electron chi connectivity index (χ4n) is 12.8. The monoisotopic (exact) mass is 1330 g/mol. The lowest BCUT2D eigenvalue weighted by Gasteiger charge is -2.48. The fraction of sp³-hybridized carbons (Fsp3) is 0.905. The maximum Gasteiger partial charge on any atom is 0.220 e. The molecule has 1 amide bonds. The number of amides is 1. The summed E-state index contributed by atoms with van der Waals surface area (Å²) in [4.78, 5) is 13.4. The molecular weight excluding hydrogens is 1190 g/mol. The van der Waals surface area contributed by atoms with E-state index in [9.17, 15) is 61.0 Å². The summed E-state index contributed by atoms with van der Waals surface area (Å²) < 4.78 is 34.4. The molecule has 546 valence electrons. The van der Waals surface area contributed by atoms with Gasteiger partial charge in [0.2, 0.25) is 5.91 Å². The highest BCUT2D eigenvalue weighted by Gasteiger charge is 2.53. The van der Waals surface area contributed by atoms with Gasteiger partial charge in [-0.25, -0.2) is 0 Å². The predicted molar refractivity (Wildman–Crippen MR) is 365 cm³/mol. The number of carbonyl (C=O) groups excluding carboxylic acids is 1. The van der Waals surface area contributed by atoms with Gasteiger partial charge < -0.3 is 89.9 Å². The summed E-state index contributed by atoms with van der Waals surface area (Å²) in [5, 5.41) is 121. The maximum absolute atomic E-state index is 13.4. The van der Waals surface area contributed by atoms with E-state index in [2.05, 4.69) is 43.5 Å². The highest BCUT2D eigenvalue weighted by Crippen LogP contribution is 2.33. The first-order valence-corrected chi connectivity index (χ1v) is 37.7. The molecule has 93 heavy (non-hydrogen) atoms. The molecule has 0 bridgehead atoms. The van der Waals surface area contributed by atoms with Gasteiger partial charge in [-0.3, -0.25) is 4.79 Å². The van der Waals surface area contributed by atoms with Gasteiger partial charge in [-0.15, -0.1) is 0 Å². The second kappa shape index (κ2) is 55.8. The van der Waals surface area contributed by atoms with E-state index in [-0.39, 0.29) is 18.9 Å². The number of carbonyl (C=O) groups is 1. The van der Waals surface area contributed by atoms with Crippen LogP contribution in [-0.4, -0.2) is 193 Å². The molecule has 3 saturated heterocycles. The Kier molecular flexibility index (Phi) is 51.2. The number of ether oxygens (including phenoxy) is 6. The number of nitrogens with one attached hydrogen (secondary N) is 1. The second-order valence-corrected chi connectivity index (χ2v) is 27.1. The average Bonchev–Trinajstić information content (AvgIpc) is 0.819. The summed E-state index contributed by atoms with van der Waals surface area (Å²) in [5.41, 5.74) is 0. The topological polar surface area (TPSA) is 307 Å². The number of aliphatic hydroxyl groups is 11. The molecule has 17 unspecified atom stereocenters. The van der Waals surface area contributed by atoms with Crippen LogP contribution in [0.1, 0.15) is 296 Å². The van der Waals surface area contributed by atoms with E-state index in [1.807, 2.05) is 6.08 Å². The lowest BCUT2D eigenvalue weighted by Crippen LogP contribution is -2.66. The van der Waals surface area contributed by atoms with Gasteiger partial charge in [-0.1, -0.05) is 275 Å².